The van der Waals surface area contributed by atoms with Crippen molar-refractivity contribution in [3.63, 3.8) is 0 Å². The molecule has 0 spiro atoms. The van der Waals surface area contributed by atoms with Gasteiger partial charge in [-0.1, -0.05) is 31.0 Å². The summed E-state index contributed by atoms with van der Waals surface area (Å²) in [4.78, 5) is 14.9. The van der Waals surface area contributed by atoms with E-state index in [1.165, 1.54) is 19.3 Å². The maximum absolute atomic E-state index is 12.4. The van der Waals surface area contributed by atoms with E-state index < -0.39 is 0 Å². The Morgan fingerprint density at radius 2 is 2.04 bits per heavy atom. The van der Waals surface area contributed by atoms with Gasteiger partial charge in [-0.2, -0.15) is 0 Å². The lowest BCUT2D eigenvalue weighted by atomic mass is 10.1. The number of nitrogens with one attached hydrogen (secondary N) is 1. The summed E-state index contributed by atoms with van der Waals surface area (Å²) in [6.07, 6.45) is 5.25. The minimum atomic E-state index is 0.0813. The fraction of sp³-hybridized carbons (Fsp3) is 0.632. The second-order valence-electron chi connectivity index (χ2n) is 6.53. The highest BCUT2D eigenvalue weighted by Crippen LogP contribution is 2.20. The van der Waals surface area contributed by atoms with Crippen molar-refractivity contribution in [2.45, 2.75) is 52.0 Å². The van der Waals surface area contributed by atoms with Crippen LogP contribution in [0.3, 0.4) is 0 Å². The molecule has 1 unspecified atom stereocenters. The van der Waals surface area contributed by atoms with Crippen molar-refractivity contribution in [3.8, 4) is 5.75 Å². The van der Waals surface area contributed by atoms with E-state index in [0.717, 1.165) is 42.9 Å². The summed E-state index contributed by atoms with van der Waals surface area (Å²) >= 11 is 0. The van der Waals surface area contributed by atoms with Crippen LogP contribution in [-0.4, -0.2) is 43.6 Å². The first-order valence-electron chi connectivity index (χ1n) is 8.77. The summed E-state index contributed by atoms with van der Waals surface area (Å²) < 4.78 is 5.37. The van der Waals surface area contributed by atoms with Gasteiger partial charge in [0, 0.05) is 18.2 Å². The summed E-state index contributed by atoms with van der Waals surface area (Å²) in [5.41, 5.74) is 2.10. The number of hydrogen-bond donors (Lipinski definition) is 1. The highest BCUT2D eigenvalue weighted by atomic mass is 16.5. The van der Waals surface area contributed by atoms with E-state index in [1.54, 1.807) is 7.11 Å². The number of aryl methyl sites for hydroxylation is 1. The van der Waals surface area contributed by atoms with Crippen LogP contribution in [0.1, 0.15) is 43.7 Å². The number of hydrogen-bond acceptors (Lipinski definition) is 3. The largest absolute Gasteiger partial charge is 0.496 e. The molecule has 1 N–H and O–H groups in total. The summed E-state index contributed by atoms with van der Waals surface area (Å²) in [6.45, 7) is 7.47. The van der Waals surface area contributed by atoms with Gasteiger partial charge in [0.05, 0.1) is 13.5 Å². The number of nitrogens with zero attached hydrogens (tertiary/aromatic N) is 1. The second-order valence-corrected chi connectivity index (χ2v) is 6.53. The first-order chi connectivity index (χ1) is 11.1. The van der Waals surface area contributed by atoms with E-state index in [1.807, 2.05) is 25.1 Å². The minimum Gasteiger partial charge on any atom is -0.496 e. The van der Waals surface area contributed by atoms with Crippen LogP contribution in [0.25, 0.3) is 0 Å². The van der Waals surface area contributed by atoms with Crippen molar-refractivity contribution < 1.29 is 9.53 Å². The number of ether oxygens (including phenoxy) is 1. The Kier molecular flexibility index (Phi) is 6.90. The van der Waals surface area contributed by atoms with Crippen LogP contribution in [0.2, 0.25) is 0 Å². The van der Waals surface area contributed by atoms with Gasteiger partial charge in [0.15, 0.2) is 0 Å². The van der Waals surface area contributed by atoms with E-state index in [-0.39, 0.29) is 11.9 Å². The monoisotopic (exact) mass is 318 g/mol. The Labute approximate surface area is 140 Å². The SMILES string of the molecule is CCC(CN1CCCCC1)NC(=O)Cc1cc(C)ccc1OC. The Balaban J connectivity index is 1.90. The molecule has 1 saturated heterocycles. The van der Waals surface area contributed by atoms with Gasteiger partial charge in [0.2, 0.25) is 5.91 Å². The van der Waals surface area contributed by atoms with Gasteiger partial charge < -0.3 is 15.0 Å². The first kappa shape index (κ1) is 17.8. The topological polar surface area (TPSA) is 41.6 Å². The molecule has 0 bridgehead atoms. The molecule has 1 amide bonds. The molecule has 128 valence electrons. The van der Waals surface area contributed by atoms with Gasteiger partial charge in [-0.05, 0) is 45.3 Å². The maximum Gasteiger partial charge on any atom is 0.224 e. The van der Waals surface area contributed by atoms with Crippen molar-refractivity contribution in [3.05, 3.63) is 29.3 Å². The van der Waals surface area contributed by atoms with Gasteiger partial charge in [-0.25, -0.2) is 0 Å². The predicted octanol–water partition coefficient (Wildman–Crippen LogP) is 2.93. The fourth-order valence-corrected chi connectivity index (χ4v) is 3.23. The Morgan fingerprint density at radius 3 is 2.70 bits per heavy atom. The molecule has 4 heteroatoms. The van der Waals surface area contributed by atoms with Crippen molar-refractivity contribution in [1.29, 1.82) is 0 Å². The number of likely N-dealkylation sites (tertiary alicyclic amines) is 1. The normalized spacial score (nSPS) is 16.8. The third-order valence-electron chi connectivity index (χ3n) is 4.57. The van der Waals surface area contributed by atoms with Crippen LogP contribution in [-0.2, 0) is 11.2 Å². The van der Waals surface area contributed by atoms with Gasteiger partial charge in [-0.3, -0.25) is 4.79 Å². The van der Waals surface area contributed by atoms with Crippen LogP contribution >= 0.6 is 0 Å². The number of rotatable bonds is 7. The molecule has 1 aromatic rings. The zero-order valence-electron chi connectivity index (χ0n) is 14.7. The molecule has 2 rings (SSSR count). The Hall–Kier alpha value is -1.55. The Bertz CT molecular complexity index is 510. The number of carbonyl (C=O) groups is 1. The molecular weight excluding hydrogens is 288 g/mol. The van der Waals surface area contributed by atoms with Gasteiger partial charge in [0.25, 0.3) is 0 Å². The average molecular weight is 318 g/mol. The molecule has 0 aliphatic carbocycles. The van der Waals surface area contributed by atoms with E-state index in [4.69, 9.17) is 4.74 Å². The number of methoxy groups -OCH3 is 1. The zero-order chi connectivity index (χ0) is 16.7. The lowest BCUT2D eigenvalue weighted by Gasteiger charge is -2.30. The van der Waals surface area contributed by atoms with E-state index in [2.05, 4.69) is 17.1 Å². The standard InChI is InChI=1S/C19H30N2O2/c1-4-17(14-21-10-6-5-7-11-21)20-19(22)13-16-12-15(2)8-9-18(16)23-3/h8-9,12,17H,4-7,10-11,13-14H2,1-3H3,(H,20,22). The highest BCUT2D eigenvalue weighted by Gasteiger charge is 2.18. The van der Waals surface area contributed by atoms with Crippen LogP contribution < -0.4 is 10.1 Å². The lowest BCUT2D eigenvalue weighted by Crippen LogP contribution is -2.45. The van der Waals surface area contributed by atoms with Crippen molar-refractivity contribution in [2.75, 3.05) is 26.7 Å². The molecule has 23 heavy (non-hydrogen) atoms. The van der Waals surface area contributed by atoms with Gasteiger partial charge in [0.1, 0.15) is 5.75 Å². The molecule has 1 heterocycles. The fourth-order valence-electron chi connectivity index (χ4n) is 3.23. The molecule has 0 saturated carbocycles. The molecule has 0 aromatic heterocycles. The van der Waals surface area contributed by atoms with E-state index in [0.29, 0.717) is 6.42 Å². The third-order valence-corrected chi connectivity index (χ3v) is 4.57. The average Bonchev–Trinajstić information content (AvgIpc) is 2.55. The summed E-state index contributed by atoms with van der Waals surface area (Å²) in [7, 11) is 1.65. The van der Waals surface area contributed by atoms with Gasteiger partial charge >= 0.3 is 0 Å². The van der Waals surface area contributed by atoms with Crippen molar-refractivity contribution >= 4 is 5.91 Å². The molecule has 1 aliphatic heterocycles. The van der Waals surface area contributed by atoms with Crippen LogP contribution in [0.5, 0.6) is 5.75 Å². The number of amides is 1. The maximum atomic E-state index is 12.4. The molecule has 1 aliphatic rings. The molecule has 1 aromatic carbocycles. The van der Waals surface area contributed by atoms with Crippen molar-refractivity contribution in [1.82, 2.24) is 10.2 Å². The summed E-state index contributed by atoms with van der Waals surface area (Å²) in [5.74, 6) is 0.868. The van der Waals surface area contributed by atoms with Crippen molar-refractivity contribution in [2.24, 2.45) is 0 Å². The zero-order valence-corrected chi connectivity index (χ0v) is 14.7. The Morgan fingerprint density at radius 1 is 1.30 bits per heavy atom. The quantitative estimate of drug-likeness (QED) is 0.840. The predicted molar refractivity (Wildman–Crippen MR) is 93.9 cm³/mol. The molecule has 1 fully saturated rings. The smallest absolute Gasteiger partial charge is 0.224 e. The number of benzene rings is 1. The third kappa shape index (κ3) is 5.54. The van der Waals surface area contributed by atoms with E-state index in [9.17, 15) is 4.79 Å². The second kappa shape index (κ2) is 8.92. The van der Waals surface area contributed by atoms with Crippen LogP contribution in [0.15, 0.2) is 18.2 Å². The molecular formula is C19H30N2O2. The lowest BCUT2D eigenvalue weighted by molar-refractivity contribution is -0.121. The highest BCUT2D eigenvalue weighted by molar-refractivity contribution is 5.79. The first-order valence-corrected chi connectivity index (χ1v) is 8.77. The summed E-state index contributed by atoms with van der Waals surface area (Å²) in [5, 5.41) is 3.20. The van der Waals surface area contributed by atoms with Gasteiger partial charge in [-0.15, -0.1) is 0 Å². The molecule has 1 atom stereocenters. The summed E-state index contributed by atoms with van der Waals surface area (Å²) in [6, 6.07) is 6.20. The van der Waals surface area contributed by atoms with E-state index >= 15 is 0 Å². The van der Waals surface area contributed by atoms with Crippen LogP contribution in [0, 0.1) is 6.92 Å². The molecule has 4 nitrogen and oxygen atoms in total. The van der Waals surface area contributed by atoms with Crippen LogP contribution in [0.4, 0.5) is 0 Å². The molecule has 0 radical (unpaired) electrons. The number of piperidine rings is 1. The number of carbonyl (C=O) groups excluding carboxylic acids is 1. The minimum absolute atomic E-state index is 0.0813.